The summed E-state index contributed by atoms with van der Waals surface area (Å²) in [6.45, 7) is 5.27. The zero-order valence-electron chi connectivity index (χ0n) is 17.2. The lowest BCUT2D eigenvalue weighted by atomic mass is 10.0. The third-order valence-electron chi connectivity index (χ3n) is 4.81. The van der Waals surface area contributed by atoms with Gasteiger partial charge in [0.15, 0.2) is 11.5 Å². The van der Waals surface area contributed by atoms with Gasteiger partial charge in [-0.05, 0) is 30.9 Å². The Labute approximate surface area is 175 Å². The van der Waals surface area contributed by atoms with Gasteiger partial charge in [-0.15, -0.1) is 0 Å². The molecule has 0 saturated carbocycles. The van der Waals surface area contributed by atoms with Gasteiger partial charge in [-0.3, -0.25) is 19.4 Å². The van der Waals surface area contributed by atoms with Crippen LogP contribution in [0.25, 0.3) is 0 Å². The lowest BCUT2D eigenvalue weighted by Crippen LogP contribution is -2.47. The van der Waals surface area contributed by atoms with E-state index in [-0.39, 0.29) is 29.2 Å². The molecule has 0 bridgehead atoms. The van der Waals surface area contributed by atoms with Crippen molar-refractivity contribution in [3.8, 4) is 0 Å². The van der Waals surface area contributed by atoms with Gasteiger partial charge in [0.1, 0.15) is 5.69 Å². The summed E-state index contributed by atoms with van der Waals surface area (Å²) in [4.78, 5) is 51.3. The Hall–Kier alpha value is -3.36. The Bertz CT molecular complexity index is 895. The summed E-state index contributed by atoms with van der Waals surface area (Å²) < 4.78 is 0. The summed E-state index contributed by atoms with van der Waals surface area (Å²) in [5, 5.41) is 5.54. The van der Waals surface area contributed by atoms with Crippen LogP contribution in [0.2, 0.25) is 0 Å². The standard InChI is InChI=1S/C21H26N6O3/c1-14(2)13-17(28)27-11-6-15(7-12-27)25-21(30)18-19(24-10-9-23-18)26-20(29)16-5-3-4-8-22-16/h3-5,8-10,14-15H,6-7,11-13H2,1-2H3,(H,25,30)(H,24,26,29). The second kappa shape index (κ2) is 9.91. The van der Waals surface area contributed by atoms with E-state index in [9.17, 15) is 14.4 Å². The molecule has 9 nitrogen and oxygen atoms in total. The molecule has 3 rings (SSSR count). The van der Waals surface area contributed by atoms with Crippen LogP contribution in [-0.4, -0.2) is 56.7 Å². The number of aromatic nitrogens is 3. The normalized spacial score (nSPS) is 14.4. The highest BCUT2D eigenvalue weighted by Crippen LogP contribution is 2.15. The van der Waals surface area contributed by atoms with Crippen LogP contribution in [0.15, 0.2) is 36.8 Å². The molecule has 0 atom stereocenters. The highest BCUT2D eigenvalue weighted by atomic mass is 16.2. The number of nitrogens with zero attached hydrogens (tertiary/aromatic N) is 4. The van der Waals surface area contributed by atoms with E-state index in [1.54, 1.807) is 18.2 Å². The van der Waals surface area contributed by atoms with Gasteiger partial charge in [-0.25, -0.2) is 9.97 Å². The van der Waals surface area contributed by atoms with Crippen LogP contribution in [-0.2, 0) is 4.79 Å². The number of hydrogen-bond acceptors (Lipinski definition) is 6. The summed E-state index contributed by atoms with van der Waals surface area (Å²) in [7, 11) is 0. The molecular weight excluding hydrogens is 384 g/mol. The monoisotopic (exact) mass is 410 g/mol. The molecule has 30 heavy (non-hydrogen) atoms. The van der Waals surface area contributed by atoms with Crippen molar-refractivity contribution >= 4 is 23.5 Å². The fraction of sp³-hybridized carbons (Fsp3) is 0.429. The lowest BCUT2D eigenvalue weighted by Gasteiger charge is -2.32. The van der Waals surface area contributed by atoms with Crippen molar-refractivity contribution in [3.63, 3.8) is 0 Å². The lowest BCUT2D eigenvalue weighted by molar-refractivity contribution is -0.133. The van der Waals surface area contributed by atoms with Crippen molar-refractivity contribution in [2.75, 3.05) is 18.4 Å². The van der Waals surface area contributed by atoms with E-state index in [4.69, 9.17) is 0 Å². The van der Waals surface area contributed by atoms with E-state index in [0.29, 0.717) is 38.3 Å². The highest BCUT2D eigenvalue weighted by molar-refractivity contribution is 6.06. The largest absolute Gasteiger partial charge is 0.348 e. The van der Waals surface area contributed by atoms with Crippen molar-refractivity contribution in [1.29, 1.82) is 0 Å². The second-order valence-electron chi connectivity index (χ2n) is 7.65. The molecule has 1 saturated heterocycles. The summed E-state index contributed by atoms with van der Waals surface area (Å²) >= 11 is 0. The van der Waals surface area contributed by atoms with Crippen LogP contribution >= 0.6 is 0 Å². The van der Waals surface area contributed by atoms with Crippen LogP contribution in [0.4, 0.5) is 5.82 Å². The average molecular weight is 410 g/mol. The van der Waals surface area contributed by atoms with Gasteiger partial charge in [0.2, 0.25) is 5.91 Å². The van der Waals surface area contributed by atoms with Gasteiger partial charge in [-0.1, -0.05) is 19.9 Å². The molecule has 2 aromatic heterocycles. The number of amides is 3. The quantitative estimate of drug-likeness (QED) is 0.751. The summed E-state index contributed by atoms with van der Waals surface area (Å²) in [5.41, 5.74) is 0.257. The summed E-state index contributed by atoms with van der Waals surface area (Å²) in [6, 6.07) is 4.91. The Morgan fingerprint density at radius 2 is 1.77 bits per heavy atom. The maximum absolute atomic E-state index is 12.8. The van der Waals surface area contributed by atoms with Crippen molar-refractivity contribution in [1.82, 2.24) is 25.2 Å². The zero-order valence-corrected chi connectivity index (χ0v) is 17.2. The van der Waals surface area contributed by atoms with Crippen LogP contribution in [0.3, 0.4) is 0 Å². The first-order chi connectivity index (χ1) is 14.4. The first-order valence-corrected chi connectivity index (χ1v) is 10.1. The van der Waals surface area contributed by atoms with E-state index < -0.39 is 11.8 Å². The third-order valence-corrected chi connectivity index (χ3v) is 4.81. The fourth-order valence-electron chi connectivity index (χ4n) is 3.27. The SMILES string of the molecule is CC(C)CC(=O)N1CCC(NC(=O)c2nccnc2NC(=O)c2ccccn2)CC1. The van der Waals surface area contributed by atoms with Crippen LogP contribution in [0, 0.1) is 5.92 Å². The van der Waals surface area contributed by atoms with E-state index in [0.717, 1.165) is 0 Å². The predicted octanol–water partition coefficient (Wildman–Crippen LogP) is 1.89. The van der Waals surface area contributed by atoms with Crippen molar-refractivity contribution in [3.05, 3.63) is 48.2 Å². The minimum absolute atomic E-state index is 0.0418. The first-order valence-electron chi connectivity index (χ1n) is 10.1. The minimum atomic E-state index is -0.470. The van der Waals surface area contributed by atoms with Crippen molar-refractivity contribution in [2.24, 2.45) is 5.92 Å². The molecule has 3 heterocycles. The van der Waals surface area contributed by atoms with Gasteiger partial charge in [0, 0.05) is 44.1 Å². The topological polar surface area (TPSA) is 117 Å². The molecule has 1 aliphatic heterocycles. The fourth-order valence-corrected chi connectivity index (χ4v) is 3.27. The molecular formula is C21H26N6O3. The Kier molecular flexibility index (Phi) is 7.05. The number of piperidine rings is 1. The van der Waals surface area contributed by atoms with Gasteiger partial charge in [0.25, 0.3) is 11.8 Å². The number of carbonyl (C=O) groups excluding carboxylic acids is 3. The molecule has 2 N–H and O–H groups in total. The molecule has 1 aliphatic rings. The molecule has 1 fully saturated rings. The maximum Gasteiger partial charge on any atom is 0.275 e. The molecule has 0 aliphatic carbocycles. The third kappa shape index (κ3) is 5.59. The molecule has 2 aromatic rings. The van der Waals surface area contributed by atoms with E-state index >= 15 is 0 Å². The number of rotatable bonds is 6. The average Bonchev–Trinajstić information content (AvgIpc) is 2.74. The molecule has 0 radical (unpaired) electrons. The molecule has 9 heteroatoms. The molecule has 0 aromatic carbocycles. The predicted molar refractivity (Wildman–Crippen MR) is 111 cm³/mol. The number of carbonyl (C=O) groups is 3. The zero-order chi connectivity index (χ0) is 21.5. The first kappa shape index (κ1) is 21.4. The Morgan fingerprint density at radius 3 is 2.43 bits per heavy atom. The number of likely N-dealkylation sites (tertiary alicyclic amines) is 1. The van der Waals surface area contributed by atoms with Crippen LogP contribution in [0.5, 0.6) is 0 Å². The number of nitrogens with one attached hydrogen (secondary N) is 2. The Balaban J connectivity index is 1.59. The molecule has 0 unspecified atom stereocenters. The van der Waals surface area contributed by atoms with E-state index in [2.05, 4.69) is 25.6 Å². The molecule has 3 amide bonds. The van der Waals surface area contributed by atoms with Gasteiger partial charge in [-0.2, -0.15) is 0 Å². The minimum Gasteiger partial charge on any atom is -0.348 e. The highest BCUT2D eigenvalue weighted by Gasteiger charge is 2.26. The van der Waals surface area contributed by atoms with Gasteiger partial charge >= 0.3 is 0 Å². The van der Waals surface area contributed by atoms with E-state index in [1.807, 2.05) is 18.7 Å². The molecule has 158 valence electrons. The summed E-state index contributed by atoms with van der Waals surface area (Å²) in [5.74, 6) is -0.321. The smallest absolute Gasteiger partial charge is 0.275 e. The van der Waals surface area contributed by atoms with Crippen LogP contribution < -0.4 is 10.6 Å². The van der Waals surface area contributed by atoms with Crippen LogP contribution in [0.1, 0.15) is 54.1 Å². The van der Waals surface area contributed by atoms with Crippen molar-refractivity contribution < 1.29 is 14.4 Å². The summed E-state index contributed by atoms with van der Waals surface area (Å²) in [6.07, 6.45) is 6.20. The van der Waals surface area contributed by atoms with Gasteiger partial charge in [0.05, 0.1) is 0 Å². The van der Waals surface area contributed by atoms with Gasteiger partial charge < -0.3 is 15.5 Å². The second-order valence-corrected chi connectivity index (χ2v) is 7.65. The maximum atomic E-state index is 12.8. The number of hydrogen-bond donors (Lipinski definition) is 2. The number of pyridine rings is 1. The van der Waals surface area contributed by atoms with Crippen molar-refractivity contribution in [2.45, 2.75) is 39.2 Å². The number of anilines is 1. The Morgan fingerprint density at radius 1 is 1.03 bits per heavy atom. The molecule has 0 spiro atoms. The van der Waals surface area contributed by atoms with E-state index in [1.165, 1.54) is 18.6 Å².